The monoisotopic (exact) mass is 207 g/mol. The summed E-state index contributed by atoms with van der Waals surface area (Å²) in [6.45, 7) is 0.623. The van der Waals surface area contributed by atoms with E-state index < -0.39 is 0 Å². The molecule has 0 unspecified atom stereocenters. The first-order chi connectivity index (χ1) is 7.33. The van der Waals surface area contributed by atoms with E-state index in [9.17, 15) is 4.79 Å². The second kappa shape index (κ2) is 4.57. The molecular formula is C11H17N3O. The van der Waals surface area contributed by atoms with E-state index >= 15 is 0 Å². The maximum atomic E-state index is 11.7. The van der Waals surface area contributed by atoms with Gasteiger partial charge in [0.1, 0.15) is 0 Å². The van der Waals surface area contributed by atoms with Gasteiger partial charge in [-0.2, -0.15) is 0 Å². The molecule has 1 saturated carbocycles. The van der Waals surface area contributed by atoms with E-state index in [2.05, 4.69) is 9.97 Å². The van der Waals surface area contributed by atoms with Crippen molar-refractivity contribution >= 4 is 0 Å². The van der Waals surface area contributed by atoms with Gasteiger partial charge in [0.15, 0.2) is 0 Å². The van der Waals surface area contributed by atoms with Crippen LogP contribution in [-0.4, -0.2) is 16.5 Å². The van der Waals surface area contributed by atoms with Crippen molar-refractivity contribution in [2.24, 2.45) is 5.73 Å². The fraction of sp³-hybridized carbons (Fsp3) is 0.636. The van der Waals surface area contributed by atoms with Crippen LogP contribution in [0.2, 0.25) is 0 Å². The predicted octanol–water partition coefficient (Wildman–Crippen LogP) is 0.929. The Hall–Kier alpha value is -1.16. The standard InChI is InChI=1S/C11H17N3O/c12-6-2-5-9-10(8-3-1-4-8)13-7-14-11(9)15/h7-8H,1-6,12H2,(H,13,14,15). The maximum Gasteiger partial charge on any atom is 0.254 e. The highest BCUT2D eigenvalue weighted by Crippen LogP contribution is 2.36. The van der Waals surface area contributed by atoms with Gasteiger partial charge >= 0.3 is 0 Å². The molecule has 3 N–H and O–H groups in total. The van der Waals surface area contributed by atoms with Crippen molar-refractivity contribution in [3.63, 3.8) is 0 Å². The molecule has 0 radical (unpaired) electrons. The first-order valence-corrected chi connectivity index (χ1v) is 5.59. The summed E-state index contributed by atoms with van der Waals surface area (Å²) in [4.78, 5) is 18.6. The summed E-state index contributed by atoms with van der Waals surface area (Å²) in [6, 6.07) is 0. The van der Waals surface area contributed by atoms with Gasteiger partial charge in [-0.15, -0.1) is 0 Å². The lowest BCUT2D eigenvalue weighted by atomic mass is 9.81. The molecule has 4 heteroatoms. The Morgan fingerprint density at radius 2 is 2.33 bits per heavy atom. The number of H-pyrrole nitrogens is 1. The fourth-order valence-electron chi connectivity index (χ4n) is 2.00. The number of rotatable bonds is 4. The van der Waals surface area contributed by atoms with Crippen molar-refractivity contribution in [3.05, 3.63) is 27.9 Å². The van der Waals surface area contributed by atoms with E-state index in [1.165, 1.54) is 25.6 Å². The maximum absolute atomic E-state index is 11.7. The lowest BCUT2D eigenvalue weighted by Gasteiger charge is -2.26. The molecule has 0 bridgehead atoms. The Balaban J connectivity index is 2.26. The molecule has 1 heterocycles. The van der Waals surface area contributed by atoms with Crippen LogP contribution in [0, 0.1) is 0 Å². The van der Waals surface area contributed by atoms with Crippen molar-refractivity contribution in [1.29, 1.82) is 0 Å². The second-order valence-corrected chi connectivity index (χ2v) is 4.12. The summed E-state index contributed by atoms with van der Waals surface area (Å²) in [6.07, 6.45) is 6.73. The molecule has 4 nitrogen and oxygen atoms in total. The Bertz CT molecular complexity index is 382. The van der Waals surface area contributed by atoms with E-state index in [1.54, 1.807) is 0 Å². The van der Waals surface area contributed by atoms with Crippen LogP contribution < -0.4 is 11.3 Å². The van der Waals surface area contributed by atoms with Gasteiger partial charge in [-0.25, -0.2) is 4.98 Å². The van der Waals surface area contributed by atoms with Gasteiger partial charge in [0.2, 0.25) is 0 Å². The van der Waals surface area contributed by atoms with E-state index in [0.29, 0.717) is 12.5 Å². The van der Waals surface area contributed by atoms with Gasteiger partial charge in [-0.1, -0.05) is 6.42 Å². The normalized spacial score (nSPS) is 16.3. The first kappa shape index (κ1) is 10.4. The van der Waals surface area contributed by atoms with E-state index in [1.807, 2.05) is 0 Å². The lowest BCUT2D eigenvalue weighted by Crippen LogP contribution is -2.22. The molecular weight excluding hydrogens is 190 g/mol. The Labute approximate surface area is 88.9 Å². The summed E-state index contributed by atoms with van der Waals surface area (Å²) in [5, 5.41) is 0. The average molecular weight is 207 g/mol. The van der Waals surface area contributed by atoms with Gasteiger partial charge in [0.25, 0.3) is 5.56 Å². The van der Waals surface area contributed by atoms with Crippen molar-refractivity contribution < 1.29 is 0 Å². The third-order valence-electron chi connectivity index (χ3n) is 3.11. The molecule has 0 amide bonds. The summed E-state index contributed by atoms with van der Waals surface area (Å²) >= 11 is 0. The van der Waals surface area contributed by atoms with E-state index in [-0.39, 0.29) is 5.56 Å². The lowest BCUT2D eigenvalue weighted by molar-refractivity contribution is 0.406. The van der Waals surface area contributed by atoms with Gasteiger partial charge in [0, 0.05) is 11.5 Å². The number of nitrogens with one attached hydrogen (secondary N) is 1. The molecule has 1 aromatic heterocycles. The van der Waals surface area contributed by atoms with Crippen LogP contribution in [0.1, 0.15) is 42.9 Å². The van der Waals surface area contributed by atoms with Crippen molar-refractivity contribution in [3.8, 4) is 0 Å². The summed E-state index contributed by atoms with van der Waals surface area (Å²) < 4.78 is 0. The molecule has 1 aliphatic carbocycles. The quantitative estimate of drug-likeness (QED) is 0.771. The average Bonchev–Trinajstić information content (AvgIpc) is 2.14. The largest absolute Gasteiger partial charge is 0.330 e. The molecule has 0 atom stereocenters. The second-order valence-electron chi connectivity index (χ2n) is 4.12. The fourth-order valence-corrected chi connectivity index (χ4v) is 2.00. The highest BCUT2D eigenvalue weighted by atomic mass is 16.1. The SMILES string of the molecule is NCCCc1c(C2CCC2)nc[nH]c1=O. The van der Waals surface area contributed by atoms with Gasteiger partial charge < -0.3 is 10.7 Å². The molecule has 82 valence electrons. The molecule has 2 rings (SSSR count). The number of hydrogen-bond donors (Lipinski definition) is 2. The molecule has 1 aromatic rings. The van der Waals surface area contributed by atoms with Crippen molar-refractivity contribution in [2.45, 2.75) is 38.0 Å². The van der Waals surface area contributed by atoms with E-state index in [0.717, 1.165) is 24.1 Å². The smallest absolute Gasteiger partial charge is 0.254 e. The third-order valence-corrected chi connectivity index (χ3v) is 3.11. The molecule has 0 saturated heterocycles. The van der Waals surface area contributed by atoms with E-state index in [4.69, 9.17) is 5.73 Å². The highest BCUT2D eigenvalue weighted by Gasteiger charge is 2.24. The van der Waals surface area contributed by atoms with Crippen LogP contribution in [0.3, 0.4) is 0 Å². The van der Waals surface area contributed by atoms with Gasteiger partial charge in [0.05, 0.1) is 12.0 Å². The van der Waals surface area contributed by atoms with Crippen LogP contribution in [0.5, 0.6) is 0 Å². The number of hydrogen-bond acceptors (Lipinski definition) is 3. The molecule has 0 spiro atoms. The topological polar surface area (TPSA) is 71.8 Å². The zero-order valence-corrected chi connectivity index (χ0v) is 8.83. The number of aromatic nitrogens is 2. The van der Waals surface area contributed by atoms with Crippen LogP contribution >= 0.6 is 0 Å². The Kier molecular flexibility index (Phi) is 3.16. The Morgan fingerprint density at radius 1 is 1.53 bits per heavy atom. The number of nitrogens with two attached hydrogens (primary N) is 1. The predicted molar refractivity (Wildman–Crippen MR) is 58.8 cm³/mol. The minimum absolute atomic E-state index is 0.0142. The zero-order valence-electron chi connectivity index (χ0n) is 8.83. The van der Waals surface area contributed by atoms with Crippen LogP contribution in [0.15, 0.2) is 11.1 Å². The minimum Gasteiger partial charge on any atom is -0.330 e. The third kappa shape index (κ3) is 2.09. The summed E-state index contributed by atoms with van der Waals surface area (Å²) in [5.41, 5.74) is 7.35. The first-order valence-electron chi connectivity index (χ1n) is 5.59. The molecule has 0 aliphatic heterocycles. The van der Waals surface area contributed by atoms with Crippen molar-refractivity contribution in [1.82, 2.24) is 9.97 Å². The highest BCUT2D eigenvalue weighted by molar-refractivity contribution is 5.22. The number of nitrogens with zero attached hydrogens (tertiary/aromatic N) is 1. The summed E-state index contributed by atoms with van der Waals surface area (Å²) in [7, 11) is 0. The van der Waals surface area contributed by atoms with Gasteiger partial charge in [-0.05, 0) is 32.2 Å². The summed E-state index contributed by atoms with van der Waals surface area (Å²) in [5.74, 6) is 0.514. The number of aromatic amines is 1. The van der Waals surface area contributed by atoms with Crippen LogP contribution in [-0.2, 0) is 6.42 Å². The minimum atomic E-state index is 0.0142. The van der Waals surface area contributed by atoms with Crippen molar-refractivity contribution in [2.75, 3.05) is 6.54 Å². The molecule has 15 heavy (non-hydrogen) atoms. The Morgan fingerprint density at radius 3 is 2.93 bits per heavy atom. The van der Waals surface area contributed by atoms with Crippen LogP contribution in [0.25, 0.3) is 0 Å². The zero-order chi connectivity index (χ0) is 10.7. The molecule has 1 aliphatic rings. The molecule has 1 fully saturated rings. The van der Waals surface area contributed by atoms with Gasteiger partial charge in [-0.3, -0.25) is 4.79 Å². The molecule has 0 aromatic carbocycles. The van der Waals surface area contributed by atoms with Crippen LogP contribution in [0.4, 0.5) is 0 Å².